The lowest BCUT2D eigenvalue weighted by atomic mass is 10.1. The summed E-state index contributed by atoms with van der Waals surface area (Å²) in [4.78, 5) is 12.9. The molecule has 140 valence electrons. The van der Waals surface area contributed by atoms with Gasteiger partial charge in [-0.25, -0.2) is 8.42 Å². The van der Waals surface area contributed by atoms with E-state index in [1.165, 1.54) is 7.05 Å². The molecular formula is C20H26N2O3S. The highest BCUT2D eigenvalue weighted by molar-refractivity contribution is 7.92. The van der Waals surface area contributed by atoms with Crippen LogP contribution in [0.15, 0.2) is 53.4 Å². The highest BCUT2D eigenvalue weighted by Crippen LogP contribution is 2.26. The van der Waals surface area contributed by atoms with Gasteiger partial charge in [-0.2, -0.15) is 0 Å². The smallest absolute Gasteiger partial charge is 0.264 e. The zero-order chi connectivity index (χ0) is 19.5. The molecule has 0 aliphatic heterocycles. The van der Waals surface area contributed by atoms with Crippen LogP contribution in [0.25, 0.3) is 0 Å². The maximum absolute atomic E-state index is 12.9. The largest absolute Gasteiger partial charge is 0.349 e. The van der Waals surface area contributed by atoms with Crippen molar-refractivity contribution < 1.29 is 13.2 Å². The van der Waals surface area contributed by atoms with Crippen molar-refractivity contribution >= 4 is 21.6 Å². The van der Waals surface area contributed by atoms with Gasteiger partial charge in [-0.05, 0) is 44.0 Å². The molecule has 2 rings (SSSR count). The second-order valence-corrected chi connectivity index (χ2v) is 8.78. The van der Waals surface area contributed by atoms with E-state index in [0.717, 1.165) is 9.87 Å². The zero-order valence-corrected chi connectivity index (χ0v) is 16.7. The zero-order valence-electron chi connectivity index (χ0n) is 15.9. The average Bonchev–Trinajstić information content (AvgIpc) is 2.61. The molecule has 2 aromatic carbocycles. The van der Waals surface area contributed by atoms with Gasteiger partial charge in [0.1, 0.15) is 0 Å². The van der Waals surface area contributed by atoms with Crippen molar-refractivity contribution in [3.63, 3.8) is 0 Å². The summed E-state index contributed by atoms with van der Waals surface area (Å²) in [5.41, 5.74) is 1.66. The number of carbonyl (C=O) groups is 1. The molecule has 0 bridgehead atoms. The highest BCUT2D eigenvalue weighted by atomic mass is 32.2. The Morgan fingerprint density at radius 2 is 1.58 bits per heavy atom. The van der Waals surface area contributed by atoms with Gasteiger partial charge in [-0.3, -0.25) is 9.10 Å². The van der Waals surface area contributed by atoms with E-state index in [0.29, 0.717) is 11.3 Å². The van der Waals surface area contributed by atoms with Gasteiger partial charge in [0.15, 0.2) is 0 Å². The summed E-state index contributed by atoms with van der Waals surface area (Å²) in [6.45, 7) is 7.86. The van der Waals surface area contributed by atoms with Crippen LogP contribution in [0.5, 0.6) is 0 Å². The lowest BCUT2D eigenvalue weighted by Crippen LogP contribution is -2.37. The predicted octanol–water partition coefficient (Wildman–Crippen LogP) is 3.59. The molecule has 0 saturated heterocycles. The molecule has 2 aromatic rings. The Bertz CT molecular complexity index is 874. The van der Waals surface area contributed by atoms with E-state index >= 15 is 0 Å². The Morgan fingerprint density at radius 1 is 1.00 bits per heavy atom. The van der Waals surface area contributed by atoms with Gasteiger partial charge in [-0.1, -0.05) is 43.7 Å². The monoisotopic (exact) mass is 374 g/mol. The molecule has 5 nitrogen and oxygen atoms in total. The van der Waals surface area contributed by atoms with E-state index in [4.69, 9.17) is 0 Å². The van der Waals surface area contributed by atoms with E-state index in [2.05, 4.69) is 5.32 Å². The number of hydrogen-bond acceptors (Lipinski definition) is 3. The van der Waals surface area contributed by atoms with E-state index in [-0.39, 0.29) is 22.8 Å². The Kier molecular flexibility index (Phi) is 6.08. The van der Waals surface area contributed by atoms with Crippen molar-refractivity contribution in [3.05, 3.63) is 59.7 Å². The van der Waals surface area contributed by atoms with E-state index in [1.807, 2.05) is 27.7 Å². The fraction of sp³-hybridized carbons (Fsp3) is 0.350. The number of rotatable bonds is 6. The van der Waals surface area contributed by atoms with Crippen molar-refractivity contribution in [1.29, 1.82) is 0 Å². The van der Waals surface area contributed by atoms with Crippen molar-refractivity contribution in [1.82, 2.24) is 5.32 Å². The first-order chi connectivity index (χ1) is 12.1. The first kappa shape index (κ1) is 20.0. The number of nitrogens with one attached hydrogen (secondary N) is 1. The third-order valence-electron chi connectivity index (χ3n) is 4.53. The molecule has 0 spiro atoms. The lowest BCUT2D eigenvalue weighted by molar-refractivity contribution is 0.0931. The third-order valence-corrected chi connectivity index (χ3v) is 6.31. The van der Waals surface area contributed by atoms with E-state index in [1.54, 1.807) is 48.5 Å². The maximum Gasteiger partial charge on any atom is 0.264 e. The number of aryl methyl sites for hydroxylation is 1. The molecule has 26 heavy (non-hydrogen) atoms. The fourth-order valence-corrected chi connectivity index (χ4v) is 3.60. The molecule has 0 aliphatic rings. The topological polar surface area (TPSA) is 66.5 Å². The summed E-state index contributed by atoms with van der Waals surface area (Å²) in [5, 5.41) is 2.93. The van der Waals surface area contributed by atoms with Crippen molar-refractivity contribution in [2.24, 2.45) is 5.92 Å². The van der Waals surface area contributed by atoms with Gasteiger partial charge in [0.05, 0.1) is 16.1 Å². The number of benzene rings is 2. The quantitative estimate of drug-likeness (QED) is 0.840. The summed E-state index contributed by atoms with van der Waals surface area (Å²) in [7, 11) is -2.29. The SMILES string of the molecule is Cc1ccc(S(=O)(=O)N(C)c2ccccc2C(=O)N[C@@H](C)C(C)C)cc1. The molecule has 1 N–H and O–H groups in total. The van der Waals surface area contributed by atoms with Crippen molar-refractivity contribution in [2.45, 2.75) is 38.6 Å². The van der Waals surface area contributed by atoms with Gasteiger partial charge >= 0.3 is 0 Å². The molecule has 1 amide bonds. The number of hydrogen-bond donors (Lipinski definition) is 1. The standard InChI is InChI=1S/C20H26N2O3S/c1-14(2)16(4)21-20(23)18-8-6-7-9-19(18)22(5)26(24,25)17-12-10-15(3)11-13-17/h6-14,16H,1-5H3,(H,21,23)/t16-/m0/s1. The van der Waals surface area contributed by atoms with Crippen LogP contribution in [0.1, 0.15) is 36.7 Å². The molecule has 0 fully saturated rings. The average molecular weight is 375 g/mol. The second kappa shape index (κ2) is 7.91. The predicted molar refractivity (Wildman–Crippen MR) is 105 cm³/mol. The molecule has 6 heteroatoms. The second-order valence-electron chi connectivity index (χ2n) is 6.81. The Morgan fingerprint density at radius 3 is 2.15 bits per heavy atom. The molecule has 0 aromatic heterocycles. The molecule has 0 radical (unpaired) electrons. The molecule has 0 aliphatic carbocycles. The van der Waals surface area contributed by atoms with Crippen molar-refractivity contribution in [2.75, 3.05) is 11.4 Å². The molecular weight excluding hydrogens is 348 g/mol. The van der Waals surface area contributed by atoms with Crippen LogP contribution >= 0.6 is 0 Å². The van der Waals surface area contributed by atoms with Gasteiger partial charge in [0.25, 0.3) is 15.9 Å². The minimum absolute atomic E-state index is 0.0189. The van der Waals surface area contributed by atoms with Crippen LogP contribution in [0, 0.1) is 12.8 Å². The Labute approximate surface area is 156 Å². The normalized spacial score (nSPS) is 12.7. The lowest BCUT2D eigenvalue weighted by Gasteiger charge is -2.23. The van der Waals surface area contributed by atoms with Crippen LogP contribution in [-0.2, 0) is 10.0 Å². The van der Waals surface area contributed by atoms with E-state index < -0.39 is 10.0 Å². The summed E-state index contributed by atoms with van der Waals surface area (Å²) >= 11 is 0. The van der Waals surface area contributed by atoms with Crippen LogP contribution in [0.3, 0.4) is 0 Å². The van der Waals surface area contributed by atoms with Crippen LogP contribution < -0.4 is 9.62 Å². The number of sulfonamides is 1. The number of anilines is 1. The van der Waals surface area contributed by atoms with Crippen LogP contribution in [-0.4, -0.2) is 27.4 Å². The number of amides is 1. The Hall–Kier alpha value is -2.34. The summed E-state index contributed by atoms with van der Waals surface area (Å²) in [5.74, 6) is -0.00658. The van der Waals surface area contributed by atoms with Gasteiger partial charge in [0, 0.05) is 13.1 Å². The fourth-order valence-electron chi connectivity index (χ4n) is 2.39. The molecule has 0 unspecified atom stereocenters. The highest BCUT2D eigenvalue weighted by Gasteiger charge is 2.25. The van der Waals surface area contributed by atoms with Gasteiger partial charge in [0.2, 0.25) is 0 Å². The van der Waals surface area contributed by atoms with Gasteiger partial charge < -0.3 is 5.32 Å². The number of carbonyl (C=O) groups excluding carboxylic acids is 1. The molecule has 0 heterocycles. The maximum atomic E-state index is 12.9. The number of para-hydroxylation sites is 1. The minimum Gasteiger partial charge on any atom is -0.349 e. The third kappa shape index (κ3) is 4.25. The summed E-state index contributed by atoms with van der Waals surface area (Å²) in [6.07, 6.45) is 0. The van der Waals surface area contributed by atoms with Crippen LogP contribution in [0.2, 0.25) is 0 Å². The van der Waals surface area contributed by atoms with Gasteiger partial charge in [-0.15, -0.1) is 0 Å². The van der Waals surface area contributed by atoms with Crippen molar-refractivity contribution in [3.8, 4) is 0 Å². The minimum atomic E-state index is -3.76. The Balaban J connectivity index is 2.39. The van der Waals surface area contributed by atoms with E-state index in [9.17, 15) is 13.2 Å². The molecule has 1 atom stereocenters. The molecule has 0 saturated carbocycles. The van der Waals surface area contributed by atoms with Crippen LogP contribution in [0.4, 0.5) is 5.69 Å². The summed E-state index contributed by atoms with van der Waals surface area (Å²) < 4.78 is 27.0. The summed E-state index contributed by atoms with van der Waals surface area (Å²) in [6, 6.07) is 13.4. The first-order valence-electron chi connectivity index (χ1n) is 8.60. The number of nitrogens with zero attached hydrogens (tertiary/aromatic N) is 1. The first-order valence-corrected chi connectivity index (χ1v) is 10.0.